The fourth-order valence-electron chi connectivity index (χ4n) is 0.843. The van der Waals surface area contributed by atoms with Gasteiger partial charge in [0.25, 0.3) is 0 Å². The van der Waals surface area contributed by atoms with Crippen LogP contribution in [0.25, 0.3) is 5.57 Å². The minimum atomic E-state index is 0.896. The summed E-state index contributed by atoms with van der Waals surface area (Å²) < 4.78 is 0. The van der Waals surface area contributed by atoms with Crippen molar-refractivity contribution in [1.82, 2.24) is 0 Å². The molecular formula is C9H10ClN. The summed E-state index contributed by atoms with van der Waals surface area (Å²) in [6, 6.07) is 7.80. The van der Waals surface area contributed by atoms with Crippen molar-refractivity contribution in [2.45, 2.75) is 6.92 Å². The van der Waals surface area contributed by atoms with E-state index in [1.165, 1.54) is 0 Å². The van der Waals surface area contributed by atoms with E-state index in [4.69, 9.17) is 11.8 Å². The monoisotopic (exact) mass is 167 g/mol. The minimum absolute atomic E-state index is 0.896. The normalized spacial score (nSPS) is 9.27. The summed E-state index contributed by atoms with van der Waals surface area (Å²) in [5.41, 5.74) is 3.04. The second-order valence-corrected chi connectivity index (χ2v) is 2.64. The zero-order valence-electron chi connectivity index (χ0n) is 6.39. The van der Waals surface area contributed by atoms with Gasteiger partial charge in [0.1, 0.15) is 0 Å². The Balaban J connectivity index is 3.01. The molecular weight excluding hydrogens is 158 g/mol. The number of rotatable bonds is 2. The van der Waals surface area contributed by atoms with Gasteiger partial charge in [-0.2, -0.15) is 0 Å². The number of hydrogen-bond acceptors (Lipinski definition) is 1. The third-order valence-electron chi connectivity index (χ3n) is 1.46. The molecule has 0 saturated heterocycles. The first kappa shape index (κ1) is 8.15. The molecule has 0 aliphatic heterocycles. The van der Waals surface area contributed by atoms with Gasteiger partial charge in [-0.15, -0.1) is 0 Å². The molecule has 1 aromatic rings. The molecule has 1 rings (SSSR count). The second-order valence-electron chi connectivity index (χ2n) is 2.46. The standard InChI is InChI=1S/C9H10ClN/c1-7(2)8-4-3-5-9(6-8)11-10/h3-6,11H,1H2,2H3. The highest BCUT2D eigenvalue weighted by Gasteiger charge is 1.93. The molecule has 0 amide bonds. The van der Waals surface area contributed by atoms with E-state index in [2.05, 4.69) is 11.4 Å². The van der Waals surface area contributed by atoms with Gasteiger partial charge in [0, 0.05) is 17.5 Å². The molecule has 0 fully saturated rings. The molecule has 1 nitrogen and oxygen atoms in total. The average Bonchev–Trinajstić information content (AvgIpc) is 2.05. The Bertz CT molecular complexity index is 268. The van der Waals surface area contributed by atoms with Crippen molar-refractivity contribution in [1.29, 1.82) is 0 Å². The van der Waals surface area contributed by atoms with E-state index in [1.807, 2.05) is 31.2 Å². The van der Waals surface area contributed by atoms with Gasteiger partial charge < -0.3 is 0 Å². The van der Waals surface area contributed by atoms with Gasteiger partial charge in [-0.3, -0.25) is 4.84 Å². The number of anilines is 1. The fourth-order valence-corrected chi connectivity index (χ4v) is 0.961. The van der Waals surface area contributed by atoms with Gasteiger partial charge in [0.05, 0.1) is 0 Å². The summed E-state index contributed by atoms with van der Waals surface area (Å²) in [7, 11) is 0. The third-order valence-corrected chi connectivity index (χ3v) is 1.68. The van der Waals surface area contributed by atoms with Crippen LogP contribution in [0.4, 0.5) is 5.69 Å². The van der Waals surface area contributed by atoms with Crippen LogP contribution in [0.2, 0.25) is 0 Å². The van der Waals surface area contributed by atoms with E-state index in [0.717, 1.165) is 16.8 Å². The Morgan fingerprint density at radius 3 is 2.82 bits per heavy atom. The fraction of sp³-hybridized carbons (Fsp3) is 0.111. The quantitative estimate of drug-likeness (QED) is 0.667. The van der Waals surface area contributed by atoms with Gasteiger partial charge in [0.15, 0.2) is 0 Å². The lowest BCUT2D eigenvalue weighted by Crippen LogP contribution is -1.82. The molecule has 0 bridgehead atoms. The van der Waals surface area contributed by atoms with Crippen LogP contribution in [-0.4, -0.2) is 0 Å². The third kappa shape index (κ3) is 1.99. The first-order valence-electron chi connectivity index (χ1n) is 3.36. The van der Waals surface area contributed by atoms with E-state index in [1.54, 1.807) is 0 Å². The van der Waals surface area contributed by atoms with E-state index in [9.17, 15) is 0 Å². The summed E-state index contributed by atoms with van der Waals surface area (Å²) in [6.45, 7) is 5.80. The molecule has 11 heavy (non-hydrogen) atoms. The van der Waals surface area contributed by atoms with E-state index in [0.29, 0.717) is 0 Å². The molecule has 0 radical (unpaired) electrons. The molecule has 58 valence electrons. The zero-order valence-corrected chi connectivity index (χ0v) is 7.15. The van der Waals surface area contributed by atoms with Crippen LogP contribution >= 0.6 is 11.8 Å². The van der Waals surface area contributed by atoms with Crippen LogP contribution in [0.15, 0.2) is 30.8 Å². The smallest absolute Gasteiger partial charge is 0.0497 e. The van der Waals surface area contributed by atoms with Gasteiger partial charge in [-0.25, -0.2) is 0 Å². The minimum Gasteiger partial charge on any atom is -0.298 e. The summed E-state index contributed by atoms with van der Waals surface area (Å²) in [5, 5.41) is 0. The Morgan fingerprint density at radius 1 is 1.55 bits per heavy atom. The van der Waals surface area contributed by atoms with Gasteiger partial charge in [-0.05, 0) is 24.6 Å². The lowest BCUT2D eigenvalue weighted by molar-refractivity contribution is 1.57. The molecule has 0 aromatic heterocycles. The van der Waals surface area contributed by atoms with Gasteiger partial charge >= 0.3 is 0 Å². The Kier molecular flexibility index (Phi) is 2.55. The van der Waals surface area contributed by atoms with Crippen molar-refractivity contribution < 1.29 is 0 Å². The molecule has 0 aliphatic carbocycles. The van der Waals surface area contributed by atoms with Crippen LogP contribution in [-0.2, 0) is 0 Å². The van der Waals surface area contributed by atoms with Crippen LogP contribution in [0.5, 0.6) is 0 Å². The number of allylic oxidation sites excluding steroid dienone is 1. The van der Waals surface area contributed by atoms with Crippen molar-refractivity contribution in [2.75, 3.05) is 4.84 Å². The van der Waals surface area contributed by atoms with Crippen LogP contribution in [0.3, 0.4) is 0 Å². The van der Waals surface area contributed by atoms with Crippen LogP contribution in [0.1, 0.15) is 12.5 Å². The van der Waals surface area contributed by atoms with Crippen molar-refractivity contribution in [3.05, 3.63) is 36.4 Å². The maximum absolute atomic E-state index is 5.42. The lowest BCUT2D eigenvalue weighted by Gasteiger charge is -2.01. The highest BCUT2D eigenvalue weighted by atomic mass is 35.5. The lowest BCUT2D eigenvalue weighted by atomic mass is 10.1. The number of hydrogen-bond donors (Lipinski definition) is 1. The maximum Gasteiger partial charge on any atom is 0.0497 e. The average molecular weight is 168 g/mol. The number of halogens is 1. The highest BCUT2D eigenvalue weighted by Crippen LogP contribution is 2.16. The summed E-state index contributed by atoms with van der Waals surface area (Å²) in [5.74, 6) is 0. The molecule has 0 unspecified atom stereocenters. The van der Waals surface area contributed by atoms with Gasteiger partial charge in [-0.1, -0.05) is 24.3 Å². The first-order chi connectivity index (χ1) is 5.24. The van der Waals surface area contributed by atoms with Crippen molar-refractivity contribution >= 4 is 23.0 Å². The van der Waals surface area contributed by atoms with E-state index in [-0.39, 0.29) is 0 Å². The molecule has 0 heterocycles. The Morgan fingerprint density at radius 2 is 2.27 bits per heavy atom. The Hall–Kier alpha value is -0.950. The topological polar surface area (TPSA) is 12.0 Å². The van der Waals surface area contributed by atoms with Gasteiger partial charge in [0.2, 0.25) is 0 Å². The highest BCUT2D eigenvalue weighted by molar-refractivity contribution is 6.24. The molecule has 1 N–H and O–H groups in total. The Labute approximate surface area is 71.8 Å². The summed E-state index contributed by atoms with van der Waals surface area (Å²) in [6.07, 6.45) is 0. The molecule has 2 heteroatoms. The second kappa shape index (κ2) is 3.44. The molecule has 1 aromatic carbocycles. The predicted octanol–water partition coefficient (Wildman–Crippen LogP) is 3.29. The molecule has 0 atom stereocenters. The van der Waals surface area contributed by atoms with Crippen molar-refractivity contribution in [3.8, 4) is 0 Å². The number of nitrogens with one attached hydrogen (secondary N) is 1. The molecule has 0 aliphatic rings. The maximum atomic E-state index is 5.42. The zero-order chi connectivity index (χ0) is 8.27. The number of benzene rings is 1. The van der Waals surface area contributed by atoms with Crippen LogP contribution in [0, 0.1) is 0 Å². The largest absolute Gasteiger partial charge is 0.298 e. The SMILES string of the molecule is C=C(C)c1cccc(NCl)c1. The van der Waals surface area contributed by atoms with Crippen molar-refractivity contribution in [2.24, 2.45) is 0 Å². The van der Waals surface area contributed by atoms with E-state index < -0.39 is 0 Å². The molecule has 0 saturated carbocycles. The summed E-state index contributed by atoms with van der Waals surface area (Å²) in [4.78, 5) is 2.55. The first-order valence-corrected chi connectivity index (χ1v) is 3.74. The predicted molar refractivity (Wildman–Crippen MR) is 50.6 cm³/mol. The van der Waals surface area contributed by atoms with Crippen molar-refractivity contribution in [3.63, 3.8) is 0 Å². The summed E-state index contributed by atoms with van der Waals surface area (Å²) >= 11 is 5.42. The molecule has 0 spiro atoms. The van der Waals surface area contributed by atoms with Crippen LogP contribution < -0.4 is 4.84 Å². The van der Waals surface area contributed by atoms with E-state index >= 15 is 0 Å².